The van der Waals surface area contributed by atoms with E-state index in [9.17, 15) is 0 Å². The molecule has 0 amide bonds. The minimum Gasteiger partial charge on any atom is -0.345 e. The van der Waals surface area contributed by atoms with E-state index < -0.39 is 0 Å². The third-order valence-corrected chi connectivity index (χ3v) is 4.90. The van der Waals surface area contributed by atoms with E-state index in [1.165, 1.54) is 17.2 Å². The Labute approximate surface area is 120 Å². The fourth-order valence-electron chi connectivity index (χ4n) is 2.59. The Morgan fingerprint density at radius 3 is 2.95 bits per heavy atom. The molecular weight excluding hydrogens is 256 g/mol. The highest BCUT2D eigenvalue weighted by Crippen LogP contribution is 2.26. The first-order chi connectivity index (χ1) is 9.15. The van der Waals surface area contributed by atoms with Crippen molar-refractivity contribution in [3.8, 4) is 0 Å². The second kappa shape index (κ2) is 6.68. The van der Waals surface area contributed by atoms with Crippen LogP contribution >= 0.6 is 11.3 Å². The van der Waals surface area contributed by atoms with Gasteiger partial charge in [-0.2, -0.15) is 0 Å². The first-order valence-electron chi connectivity index (χ1n) is 7.29. The molecule has 5 heteroatoms. The summed E-state index contributed by atoms with van der Waals surface area (Å²) in [6, 6.07) is 1.01. The topological polar surface area (TPSA) is 31.4 Å². The van der Waals surface area contributed by atoms with Crippen molar-refractivity contribution in [2.24, 2.45) is 0 Å². The molecule has 0 aliphatic carbocycles. The molecule has 1 saturated heterocycles. The van der Waals surface area contributed by atoms with Crippen LogP contribution in [0.25, 0.3) is 0 Å². The molecule has 19 heavy (non-hydrogen) atoms. The van der Waals surface area contributed by atoms with Gasteiger partial charge in [0.1, 0.15) is 0 Å². The first kappa shape index (κ1) is 14.8. The van der Waals surface area contributed by atoms with E-state index in [4.69, 9.17) is 4.98 Å². The zero-order valence-electron chi connectivity index (χ0n) is 12.5. The van der Waals surface area contributed by atoms with Gasteiger partial charge in [-0.25, -0.2) is 4.98 Å². The Hall–Kier alpha value is -0.650. The standard InChI is InChI=1S/C14H26N4S/c1-5-12-9-18(8-7-17(12)4)14-16-13(10-19-14)11(3)15-6-2/h10-12,15H,5-9H2,1-4H3. The highest BCUT2D eigenvalue weighted by Gasteiger charge is 2.24. The van der Waals surface area contributed by atoms with Gasteiger partial charge in [-0.1, -0.05) is 13.8 Å². The van der Waals surface area contributed by atoms with Gasteiger partial charge in [-0.05, 0) is 26.9 Å². The predicted molar refractivity (Wildman–Crippen MR) is 83.1 cm³/mol. The Balaban J connectivity index is 2.02. The third kappa shape index (κ3) is 3.46. The summed E-state index contributed by atoms with van der Waals surface area (Å²) in [5.74, 6) is 0. The highest BCUT2D eigenvalue weighted by molar-refractivity contribution is 7.13. The van der Waals surface area contributed by atoms with Crippen molar-refractivity contribution in [1.82, 2.24) is 15.2 Å². The average Bonchev–Trinajstić information content (AvgIpc) is 2.89. The van der Waals surface area contributed by atoms with Crippen molar-refractivity contribution < 1.29 is 0 Å². The number of hydrogen-bond donors (Lipinski definition) is 1. The van der Waals surface area contributed by atoms with Crippen LogP contribution in [-0.4, -0.2) is 49.2 Å². The molecule has 2 heterocycles. The molecule has 1 fully saturated rings. The van der Waals surface area contributed by atoms with Crippen LogP contribution in [-0.2, 0) is 0 Å². The Bertz CT molecular complexity index is 393. The minimum atomic E-state index is 0.351. The Kier molecular flexibility index (Phi) is 5.19. The van der Waals surface area contributed by atoms with Crippen molar-refractivity contribution >= 4 is 16.5 Å². The van der Waals surface area contributed by atoms with Crippen molar-refractivity contribution in [2.45, 2.75) is 39.3 Å². The molecule has 2 unspecified atom stereocenters. The lowest BCUT2D eigenvalue weighted by Crippen LogP contribution is -2.51. The van der Waals surface area contributed by atoms with Gasteiger partial charge in [0, 0.05) is 37.1 Å². The van der Waals surface area contributed by atoms with E-state index >= 15 is 0 Å². The van der Waals surface area contributed by atoms with Crippen molar-refractivity contribution in [2.75, 3.05) is 38.1 Å². The van der Waals surface area contributed by atoms with Crippen LogP contribution in [0, 0.1) is 0 Å². The molecule has 1 aliphatic rings. The molecule has 0 spiro atoms. The van der Waals surface area contributed by atoms with Gasteiger partial charge >= 0.3 is 0 Å². The van der Waals surface area contributed by atoms with Crippen molar-refractivity contribution in [1.29, 1.82) is 0 Å². The van der Waals surface area contributed by atoms with Gasteiger partial charge in [0.15, 0.2) is 5.13 Å². The third-order valence-electron chi connectivity index (χ3n) is 3.98. The largest absolute Gasteiger partial charge is 0.345 e. The first-order valence-corrected chi connectivity index (χ1v) is 8.17. The van der Waals surface area contributed by atoms with E-state index in [0.717, 1.165) is 26.2 Å². The Morgan fingerprint density at radius 2 is 2.26 bits per heavy atom. The van der Waals surface area contributed by atoms with Gasteiger partial charge in [-0.15, -0.1) is 11.3 Å². The van der Waals surface area contributed by atoms with Gasteiger partial charge < -0.3 is 10.2 Å². The van der Waals surface area contributed by atoms with Gasteiger partial charge in [-0.3, -0.25) is 4.90 Å². The summed E-state index contributed by atoms with van der Waals surface area (Å²) in [5, 5.41) is 6.81. The molecule has 0 radical (unpaired) electrons. The predicted octanol–water partition coefficient (Wildman–Crippen LogP) is 2.34. The number of likely N-dealkylation sites (N-methyl/N-ethyl adjacent to an activating group) is 1. The average molecular weight is 282 g/mol. The summed E-state index contributed by atoms with van der Waals surface area (Å²) in [5.41, 5.74) is 1.17. The van der Waals surface area contributed by atoms with Gasteiger partial charge in [0.25, 0.3) is 0 Å². The van der Waals surface area contributed by atoms with Crippen LogP contribution in [0.3, 0.4) is 0 Å². The zero-order chi connectivity index (χ0) is 13.8. The summed E-state index contributed by atoms with van der Waals surface area (Å²) in [6.45, 7) is 10.9. The van der Waals surface area contributed by atoms with Crippen LogP contribution in [0.15, 0.2) is 5.38 Å². The zero-order valence-corrected chi connectivity index (χ0v) is 13.3. The fourth-order valence-corrected chi connectivity index (χ4v) is 3.55. The van der Waals surface area contributed by atoms with Crippen molar-refractivity contribution in [3.05, 3.63) is 11.1 Å². The number of nitrogens with zero attached hydrogens (tertiary/aromatic N) is 3. The molecule has 1 aromatic heterocycles. The van der Waals surface area contributed by atoms with Crippen LogP contribution in [0.5, 0.6) is 0 Å². The Morgan fingerprint density at radius 1 is 1.47 bits per heavy atom. The number of nitrogens with one attached hydrogen (secondary N) is 1. The number of anilines is 1. The number of thiazole rings is 1. The number of rotatable bonds is 5. The molecule has 2 atom stereocenters. The van der Waals surface area contributed by atoms with Crippen molar-refractivity contribution in [3.63, 3.8) is 0 Å². The molecule has 4 nitrogen and oxygen atoms in total. The van der Waals surface area contributed by atoms with E-state index in [-0.39, 0.29) is 0 Å². The SMILES string of the molecule is CCNC(C)c1csc(N2CCN(C)C(CC)C2)n1. The number of hydrogen-bond acceptors (Lipinski definition) is 5. The maximum absolute atomic E-state index is 4.81. The van der Waals surface area contributed by atoms with Crippen LogP contribution < -0.4 is 10.2 Å². The quantitative estimate of drug-likeness (QED) is 0.898. The lowest BCUT2D eigenvalue weighted by molar-refractivity contribution is 0.213. The maximum Gasteiger partial charge on any atom is 0.185 e. The molecule has 1 aromatic rings. The molecule has 108 valence electrons. The van der Waals surface area contributed by atoms with E-state index in [1.807, 2.05) is 0 Å². The smallest absolute Gasteiger partial charge is 0.185 e. The van der Waals surface area contributed by atoms with Crippen LogP contribution in [0.2, 0.25) is 0 Å². The maximum atomic E-state index is 4.81. The van der Waals surface area contributed by atoms with Gasteiger partial charge in [0.2, 0.25) is 0 Å². The second-order valence-corrected chi connectivity index (χ2v) is 6.16. The summed E-state index contributed by atoms with van der Waals surface area (Å²) < 4.78 is 0. The molecule has 1 N–H and O–H groups in total. The number of piperazine rings is 1. The lowest BCUT2D eigenvalue weighted by atomic mass is 10.1. The fraction of sp³-hybridized carbons (Fsp3) is 0.786. The van der Waals surface area contributed by atoms with Crippen LogP contribution in [0.4, 0.5) is 5.13 Å². The summed E-state index contributed by atoms with van der Waals surface area (Å²) in [6.07, 6.45) is 1.21. The van der Waals surface area contributed by atoms with Gasteiger partial charge in [0.05, 0.1) is 5.69 Å². The summed E-state index contributed by atoms with van der Waals surface area (Å²) in [7, 11) is 2.23. The van der Waals surface area contributed by atoms with E-state index in [2.05, 4.69) is 48.3 Å². The molecular formula is C14H26N4S. The lowest BCUT2D eigenvalue weighted by Gasteiger charge is -2.39. The summed E-state index contributed by atoms with van der Waals surface area (Å²) in [4.78, 5) is 9.72. The minimum absolute atomic E-state index is 0.351. The second-order valence-electron chi connectivity index (χ2n) is 5.32. The molecule has 2 rings (SSSR count). The van der Waals surface area contributed by atoms with Crippen LogP contribution in [0.1, 0.15) is 38.9 Å². The van der Waals surface area contributed by atoms with E-state index in [0.29, 0.717) is 12.1 Å². The monoisotopic (exact) mass is 282 g/mol. The molecule has 1 aliphatic heterocycles. The molecule has 0 aromatic carbocycles. The highest BCUT2D eigenvalue weighted by atomic mass is 32.1. The number of aromatic nitrogens is 1. The normalized spacial score (nSPS) is 22.7. The molecule has 0 saturated carbocycles. The summed E-state index contributed by atoms with van der Waals surface area (Å²) >= 11 is 1.78. The molecule has 0 bridgehead atoms. The van der Waals surface area contributed by atoms with E-state index in [1.54, 1.807) is 11.3 Å².